The fourth-order valence-corrected chi connectivity index (χ4v) is 13.4. The lowest BCUT2D eigenvalue weighted by molar-refractivity contribution is 0.589. The Hall–Kier alpha value is -7.60. The highest BCUT2D eigenvalue weighted by Gasteiger charge is 2.47. The van der Waals surface area contributed by atoms with E-state index >= 15 is 0 Å². The van der Waals surface area contributed by atoms with Crippen LogP contribution >= 0.6 is 11.3 Å². The first-order chi connectivity index (χ1) is 36.7. The zero-order chi connectivity index (χ0) is 53.5. The number of nitrogens with zero attached hydrogens (tertiary/aromatic N) is 2. The number of hydrogen-bond donors (Lipinski definition) is 0. The summed E-state index contributed by atoms with van der Waals surface area (Å²) in [5.41, 5.74) is 23.4. The topological polar surface area (TPSA) is 19.6 Å². The Morgan fingerprint density at radius 1 is 0.377 bits per heavy atom. The first-order valence-electron chi connectivity index (χ1n) is 27.5. The van der Waals surface area contributed by atoms with Crippen molar-refractivity contribution in [1.29, 1.82) is 0 Å². The molecule has 0 unspecified atom stereocenters. The second-order valence-corrected chi connectivity index (χ2v) is 26.9. The van der Waals surface area contributed by atoms with Gasteiger partial charge in [-0.3, -0.25) is 0 Å². The van der Waals surface area contributed by atoms with Gasteiger partial charge in [0.25, 0.3) is 6.71 Å². The summed E-state index contributed by atoms with van der Waals surface area (Å²) in [4.78, 5) is 5.29. The summed E-state index contributed by atoms with van der Waals surface area (Å²) in [6, 6.07) is 71.2. The van der Waals surface area contributed by atoms with Crippen molar-refractivity contribution >= 4 is 99.9 Å². The van der Waals surface area contributed by atoms with Crippen molar-refractivity contribution in [1.82, 2.24) is 0 Å². The highest BCUT2D eigenvalue weighted by molar-refractivity contribution is 7.33. The normalized spacial score (nSPS) is 13.6. The Kier molecular flexibility index (Phi) is 11.1. The van der Waals surface area contributed by atoms with Gasteiger partial charge in [-0.05, 0) is 143 Å². The van der Waals surface area contributed by atoms with Gasteiger partial charge in [0.2, 0.25) is 0 Å². The molecular weight excluding hydrogens is 952 g/mol. The van der Waals surface area contributed by atoms with E-state index < -0.39 is 0 Å². The summed E-state index contributed by atoms with van der Waals surface area (Å²) in [5.74, 6) is 0. The van der Waals surface area contributed by atoms with Gasteiger partial charge in [0.15, 0.2) is 5.58 Å². The standard InChI is InChI=1S/C72H67BN2OS/c1-69(2,3)49-31-34-58(54(39-49)46-26-20-15-21-27-46)74-59-40-50(70(4,5)6)30-33-57(59)73-65-60(74)41-52(72(10,11)12)42-61(65)75(66-53-32-29-51(71(7,8)9)43-64(53)77-68(66)73)62-38-48(45-24-18-14-19-25-45)37-56-55-36-47(44-22-16-13-17-23-44)28-35-63(55)76-67(56)62/h13-43H,1-12H3. The Labute approximate surface area is 459 Å². The van der Waals surface area contributed by atoms with Crippen molar-refractivity contribution < 1.29 is 4.42 Å². The molecule has 0 bridgehead atoms. The predicted molar refractivity (Wildman–Crippen MR) is 334 cm³/mol. The number of rotatable bonds is 5. The summed E-state index contributed by atoms with van der Waals surface area (Å²) < 4.78 is 9.99. The Morgan fingerprint density at radius 3 is 1.55 bits per heavy atom. The van der Waals surface area contributed by atoms with Gasteiger partial charge in [0, 0.05) is 48.3 Å². The van der Waals surface area contributed by atoms with Gasteiger partial charge in [0.1, 0.15) is 5.58 Å². The molecule has 11 aromatic rings. The molecule has 380 valence electrons. The molecule has 0 spiro atoms. The van der Waals surface area contributed by atoms with Crippen molar-refractivity contribution in [3.8, 4) is 33.4 Å². The van der Waals surface area contributed by atoms with E-state index in [1.165, 1.54) is 98.7 Å². The third-order valence-electron chi connectivity index (χ3n) is 16.5. The van der Waals surface area contributed by atoms with Crippen LogP contribution in [0.4, 0.5) is 34.1 Å². The largest absolute Gasteiger partial charge is 0.454 e. The van der Waals surface area contributed by atoms with Crippen LogP contribution in [0.15, 0.2) is 192 Å². The summed E-state index contributed by atoms with van der Waals surface area (Å²) in [7, 11) is 0. The molecule has 2 aliphatic rings. The van der Waals surface area contributed by atoms with Crippen LogP contribution in [-0.4, -0.2) is 6.71 Å². The number of thiophene rings is 1. The molecule has 2 aliphatic heterocycles. The maximum absolute atomic E-state index is 7.34. The van der Waals surface area contributed by atoms with Crippen molar-refractivity contribution in [2.24, 2.45) is 0 Å². The lowest BCUT2D eigenvalue weighted by Crippen LogP contribution is -2.60. The van der Waals surface area contributed by atoms with Gasteiger partial charge in [-0.25, -0.2) is 0 Å². The second kappa shape index (κ2) is 17.5. The molecular formula is C72H67BN2OS. The zero-order valence-corrected chi connectivity index (χ0v) is 47.5. The summed E-state index contributed by atoms with van der Waals surface area (Å²) in [6.07, 6.45) is 0. The molecule has 0 amide bonds. The van der Waals surface area contributed by atoms with Gasteiger partial charge in [0.05, 0.1) is 17.1 Å². The monoisotopic (exact) mass is 1020 g/mol. The number of furan rings is 1. The van der Waals surface area contributed by atoms with E-state index in [1.807, 2.05) is 11.3 Å². The number of anilines is 6. The van der Waals surface area contributed by atoms with Crippen molar-refractivity contribution in [2.75, 3.05) is 9.80 Å². The van der Waals surface area contributed by atoms with Crippen molar-refractivity contribution in [3.05, 3.63) is 210 Å². The van der Waals surface area contributed by atoms with Crippen molar-refractivity contribution in [2.45, 2.75) is 105 Å². The van der Waals surface area contributed by atoms with Crippen LogP contribution < -0.4 is 25.5 Å². The molecule has 9 aromatic carbocycles. The SMILES string of the molecule is CC(C)(C)c1ccc(N2c3cc(C(C)(C)C)ccc3B3c4sc5cc(C(C)(C)C)ccc5c4N(c4cc(-c5ccccc5)cc5c4oc4ccc(-c6ccccc6)cc45)c4cc(C(C)(C)C)cc2c43)c(-c2ccccc2)c1. The molecule has 13 rings (SSSR count). The molecule has 5 heteroatoms. The quantitative estimate of drug-likeness (QED) is 0.160. The molecule has 0 saturated heterocycles. The smallest absolute Gasteiger partial charge is 0.264 e. The van der Waals surface area contributed by atoms with E-state index in [9.17, 15) is 0 Å². The lowest BCUT2D eigenvalue weighted by atomic mass is 9.36. The van der Waals surface area contributed by atoms with Crippen LogP contribution in [0.3, 0.4) is 0 Å². The zero-order valence-electron chi connectivity index (χ0n) is 46.7. The van der Waals surface area contributed by atoms with Crippen LogP contribution in [0.2, 0.25) is 0 Å². The van der Waals surface area contributed by atoms with Crippen LogP contribution in [0, 0.1) is 0 Å². The van der Waals surface area contributed by atoms with E-state index in [0.29, 0.717) is 0 Å². The average molecular weight is 1020 g/mol. The van der Waals surface area contributed by atoms with E-state index in [1.54, 1.807) is 0 Å². The molecule has 0 radical (unpaired) electrons. The molecule has 4 heterocycles. The number of benzene rings is 9. The van der Waals surface area contributed by atoms with Gasteiger partial charge in [-0.15, -0.1) is 11.3 Å². The fraction of sp³-hybridized carbons (Fsp3) is 0.222. The predicted octanol–water partition coefficient (Wildman–Crippen LogP) is 19.1. The summed E-state index contributed by atoms with van der Waals surface area (Å²) in [5, 5.41) is 3.46. The molecule has 0 fully saturated rings. The Bertz CT molecular complexity index is 4140. The molecule has 3 nitrogen and oxygen atoms in total. The second-order valence-electron chi connectivity index (χ2n) is 25.8. The first kappa shape index (κ1) is 49.0. The lowest BCUT2D eigenvalue weighted by Gasteiger charge is -2.45. The third kappa shape index (κ3) is 8.15. The van der Waals surface area contributed by atoms with Gasteiger partial charge < -0.3 is 14.2 Å². The Morgan fingerprint density at radius 2 is 0.909 bits per heavy atom. The van der Waals surface area contributed by atoms with E-state index in [0.717, 1.165) is 38.8 Å². The third-order valence-corrected chi connectivity index (χ3v) is 17.7. The van der Waals surface area contributed by atoms with Crippen LogP contribution in [0.25, 0.3) is 65.4 Å². The minimum Gasteiger partial charge on any atom is -0.454 e. The fourth-order valence-electron chi connectivity index (χ4n) is 12.0. The minimum absolute atomic E-state index is 0.0283. The maximum atomic E-state index is 7.34. The molecule has 77 heavy (non-hydrogen) atoms. The number of fused-ring (bicyclic) bond motifs is 9. The van der Waals surface area contributed by atoms with Gasteiger partial charge >= 0.3 is 0 Å². The van der Waals surface area contributed by atoms with E-state index in [-0.39, 0.29) is 28.4 Å². The van der Waals surface area contributed by atoms with E-state index in [4.69, 9.17) is 4.42 Å². The summed E-state index contributed by atoms with van der Waals surface area (Å²) in [6.45, 7) is 28.1. The highest BCUT2D eigenvalue weighted by atomic mass is 32.1. The van der Waals surface area contributed by atoms with Gasteiger partial charge in [-0.1, -0.05) is 210 Å². The number of hydrogen-bond acceptors (Lipinski definition) is 4. The summed E-state index contributed by atoms with van der Waals surface area (Å²) >= 11 is 1.97. The molecule has 0 saturated carbocycles. The van der Waals surface area contributed by atoms with Gasteiger partial charge in [-0.2, -0.15) is 0 Å². The highest BCUT2D eigenvalue weighted by Crippen LogP contribution is 2.54. The van der Waals surface area contributed by atoms with Crippen LogP contribution in [0.1, 0.15) is 105 Å². The molecule has 0 atom stereocenters. The van der Waals surface area contributed by atoms with Crippen LogP contribution in [-0.2, 0) is 21.7 Å². The molecule has 0 aliphatic carbocycles. The maximum Gasteiger partial charge on any atom is 0.264 e. The molecule has 2 aromatic heterocycles. The van der Waals surface area contributed by atoms with Crippen LogP contribution in [0.5, 0.6) is 0 Å². The minimum atomic E-state index is -0.211. The van der Waals surface area contributed by atoms with Crippen molar-refractivity contribution in [3.63, 3.8) is 0 Å². The Balaban J connectivity index is 1.19. The molecule has 0 N–H and O–H groups in total. The first-order valence-corrected chi connectivity index (χ1v) is 28.3. The van der Waals surface area contributed by atoms with E-state index in [2.05, 4.69) is 281 Å². The average Bonchev–Trinajstić information content (AvgIpc) is 4.08.